The fourth-order valence-electron chi connectivity index (χ4n) is 1.60. The van der Waals surface area contributed by atoms with Crippen molar-refractivity contribution in [1.82, 2.24) is 4.98 Å². The average molecular weight is 252 g/mol. The zero-order chi connectivity index (χ0) is 12.6. The molecule has 0 atom stereocenters. The predicted octanol–water partition coefficient (Wildman–Crippen LogP) is 0.580. The molecule has 6 nitrogen and oxygen atoms in total. The normalized spacial score (nSPS) is 11.6. The molecule has 0 aliphatic rings. The van der Waals surface area contributed by atoms with Gasteiger partial charge >= 0.3 is 5.97 Å². The third kappa shape index (κ3) is 1.97. The first-order valence-corrected chi connectivity index (χ1v) is 6.10. The third-order valence-corrected chi connectivity index (χ3v) is 3.24. The minimum Gasteiger partial charge on any atom is -0.476 e. The Hall–Kier alpha value is -1.99. The van der Waals surface area contributed by atoms with Crippen LogP contribution < -0.4 is 5.14 Å². The van der Waals surface area contributed by atoms with Crippen molar-refractivity contribution in [2.45, 2.75) is 4.90 Å². The van der Waals surface area contributed by atoms with Crippen LogP contribution >= 0.6 is 0 Å². The molecule has 7 heteroatoms. The molecular formula is C10H8N2O4S. The molecule has 0 spiro atoms. The van der Waals surface area contributed by atoms with Crippen LogP contribution in [-0.2, 0) is 10.0 Å². The molecule has 2 aromatic rings. The number of primary sulfonamides is 1. The number of nitrogens with zero attached hydrogens (tertiary/aromatic N) is 1. The van der Waals surface area contributed by atoms with E-state index in [-0.39, 0.29) is 21.4 Å². The largest absolute Gasteiger partial charge is 0.476 e. The van der Waals surface area contributed by atoms with Crippen molar-refractivity contribution in [2.75, 3.05) is 0 Å². The first kappa shape index (κ1) is 11.5. The summed E-state index contributed by atoms with van der Waals surface area (Å²) in [4.78, 5) is 14.5. The Morgan fingerprint density at radius 2 is 1.94 bits per heavy atom. The van der Waals surface area contributed by atoms with Gasteiger partial charge in [-0.25, -0.2) is 23.3 Å². The Kier molecular flexibility index (Phi) is 2.56. The molecule has 3 N–H and O–H groups in total. The zero-order valence-electron chi connectivity index (χ0n) is 8.49. The number of carbonyl (C=O) groups is 1. The summed E-state index contributed by atoms with van der Waals surface area (Å²) in [5.41, 5.74) is -0.201. The Balaban J connectivity index is 2.94. The van der Waals surface area contributed by atoms with E-state index in [1.165, 1.54) is 30.5 Å². The molecule has 1 heterocycles. The second-order valence-electron chi connectivity index (χ2n) is 3.36. The van der Waals surface area contributed by atoms with Crippen LogP contribution in [0.2, 0.25) is 0 Å². The molecule has 0 saturated carbocycles. The second-order valence-corrected chi connectivity index (χ2v) is 4.89. The molecule has 0 saturated heterocycles. The molecule has 2 rings (SSSR count). The van der Waals surface area contributed by atoms with E-state index in [0.29, 0.717) is 0 Å². The van der Waals surface area contributed by atoms with Crippen molar-refractivity contribution in [3.63, 3.8) is 0 Å². The molecule has 0 amide bonds. The van der Waals surface area contributed by atoms with E-state index in [0.717, 1.165) is 0 Å². The van der Waals surface area contributed by atoms with Crippen LogP contribution in [0.5, 0.6) is 0 Å². The fraction of sp³-hybridized carbons (Fsp3) is 0. The van der Waals surface area contributed by atoms with Crippen molar-refractivity contribution in [3.05, 3.63) is 36.2 Å². The highest BCUT2D eigenvalue weighted by molar-refractivity contribution is 7.89. The number of fused-ring (bicyclic) bond motifs is 1. The number of rotatable bonds is 2. The number of pyridine rings is 1. The van der Waals surface area contributed by atoms with E-state index in [2.05, 4.69) is 4.98 Å². The molecule has 1 aromatic heterocycles. The highest BCUT2D eigenvalue weighted by Crippen LogP contribution is 2.23. The van der Waals surface area contributed by atoms with E-state index in [4.69, 9.17) is 10.2 Å². The SMILES string of the molecule is NS(=O)(=O)c1cccc2c(C(=O)O)nccc12. The highest BCUT2D eigenvalue weighted by atomic mass is 32.2. The van der Waals surface area contributed by atoms with Crippen molar-refractivity contribution in [3.8, 4) is 0 Å². The summed E-state index contributed by atoms with van der Waals surface area (Å²) in [5.74, 6) is -1.22. The van der Waals surface area contributed by atoms with Crippen molar-refractivity contribution < 1.29 is 18.3 Å². The maximum Gasteiger partial charge on any atom is 0.355 e. The van der Waals surface area contributed by atoms with Gasteiger partial charge in [-0.15, -0.1) is 0 Å². The Morgan fingerprint density at radius 1 is 1.24 bits per heavy atom. The Bertz CT molecular complexity index is 709. The maximum absolute atomic E-state index is 11.3. The van der Waals surface area contributed by atoms with Gasteiger partial charge < -0.3 is 5.11 Å². The molecule has 17 heavy (non-hydrogen) atoms. The van der Waals surface area contributed by atoms with Crippen LogP contribution in [0, 0.1) is 0 Å². The van der Waals surface area contributed by atoms with Crippen molar-refractivity contribution in [2.24, 2.45) is 5.14 Å². The van der Waals surface area contributed by atoms with E-state index < -0.39 is 16.0 Å². The molecule has 0 bridgehead atoms. The van der Waals surface area contributed by atoms with Crippen LogP contribution in [0.1, 0.15) is 10.5 Å². The van der Waals surface area contributed by atoms with Gasteiger partial charge in [-0.1, -0.05) is 12.1 Å². The van der Waals surface area contributed by atoms with Crippen LogP contribution in [0.15, 0.2) is 35.4 Å². The summed E-state index contributed by atoms with van der Waals surface area (Å²) in [6, 6.07) is 5.65. The van der Waals surface area contributed by atoms with Gasteiger partial charge in [0.1, 0.15) is 0 Å². The number of carboxylic acids is 1. The standard InChI is InChI=1S/C10H8N2O4S/c11-17(15,16)8-3-1-2-7-6(8)4-5-12-9(7)10(13)14/h1-5H,(H,13,14)(H2,11,15,16). The average Bonchev–Trinajstić information content (AvgIpc) is 2.26. The smallest absolute Gasteiger partial charge is 0.355 e. The van der Waals surface area contributed by atoms with Crippen LogP contribution in [-0.4, -0.2) is 24.5 Å². The topological polar surface area (TPSA) is 110 Å². The van der Waals surface area contributed by atoms with Crippen molar-refractivity contribution in [1.29, 1.82) is 0 Å². The molecule has 0 radical (unpaired) electrons. The lowest BCUT2D eigenvalue weighted by Crippen LogP contribution is -2.13. The van der Waals surface area contributed by atoms with Gasteiger partial charge in [-0.2, -0.15) is 0 Å². The third-order valence-electron chi connectivity index (χ3n) is 2.28. The highest BCUT2D eigenvalue weighted by Gasteiger charge is 2.16. The summed E-state index contributed by atoms with van der Waals surface area (Å²) < 4.78 is 22.7. The molecule has 0 aliphatic heterocycles. The first-order valence-electron chi connectivity index (χ1n) is 4.55. The van der Waals surface area contributed by atoms with Gasteiger partial charge in [0.2, 0.25) is 10.0 Å². The Morgan fingerprint density at radius 3 is 2.53 bits per heavy atom. The minimum absolute atomic E-state index is 0.111. The molecule has 88 valence electrons. The van der Waals surface area contributed by atoms with Gasteiger partial charge in [-0.3, -0.25) is 0 Å². The predicted molar refractivity (Wildman–Crippen MR) is 60.1 cm³/mol. The number of aromatic nitrogens is 1. The summed E-state index contributed by atoms with van der Waals surface area (Å²) >= 11 is 0. The number of sulfonamides is 1. The summed E-state index contributed by atoms with van der Waals surface area (Å²) in [6.45, 7) is 0. The summed E-state index contributed by atoms with van der Waals surface area (Å²) in [5, 5.41) is 14.5. The first-order chi connectivity index (χ1) is 7.91. The van der Waals surface area contributed by atoms with Gasteiger partial charge in [0, 0.05) is 17.0 Å². The van der Waals surface area contributed by atoms with Crippen LogP contribution in [0.3, 0.4) is 0 Å². The maximum atomic E-state index is 11.3. The van der Waals surface area contributed by atoms with Crippen molar-refractivity contribution >= 4 is 26.8 Å². The van der Waals surface area contributed by atoms with Gasteiger partial charge in [0.05, 0.1) is 4.90 Å². The molecular weight excluding hydrogens is 244 g/mol. The minimum atomic E-state index is -3.89. The molecule has 1 aromatic carbocycles. The number of benzene rings is 1. The second kappa shape index (κ2) is 3.79. The molecule has 0 aliphatic carbocycles. The number of aromatic carboxylic acids is 1. The number of hydrogen-bond donors (Lipinski definition) is 2. The number of hydrogen-bond acceptors (Lipinski definition) is 4. The Labute approximate surface area is 96.8 Å². The summed E-state index contributed by atoms with van der Waals surface area (Å²) in [6.07, 6.45) is 1.24. The lowest BCUT2D eigenvalue weighted by molar-refractivity contribution is 0.0693. The van der Waals surface area contributed by atoms with E-state index in [9.17, 15) is 13.2 Å². The zero-order valence-corrected chi connectivity index (χ0v) is 9.31. The van der Waals surface area contributed by atoms with Crippen LogP contribution in [0.25, 0.3) is 10.8 Å². The van der Waals surface area contributed by atoms with Gasteiger partial charge in [-0.05, 0) is 12.1 Å². The quantitative estimate of drug-likeness (QED) is 0.812. The van der Waals surface area contributed by atoms with E-state index in [1.54, 1.807) is 0 Å². The number of carboxylic acid groups (broad SMARTS) is 1. The van der Waals surface area contributed by atoms with E-state index >= 15 is 0 Å². The van der Waals surface area contributed by atoms with Gasteiger partial charge in [0.15, 0.2) is 5.69 Å². The summed E-state index contributed by atoms with van der Waals surface area (Å²) in [7, 11) is -3.89. The monoisotopic (exact) mass is 252 g/mol. The van der Waals surface area contributed by atoms with E-state index in [1.807, 2.05) is 0 Å². The lowest BCUT2D eigenvalue weighted by atomic mass is 10.1. The number of nitrogens with two attached hydrogens (primary N) is 1. The fourth-order valence-corrected chi connectivity index (χ4v) is 2.35. The molecule has 0 unspecified atom stereocenters. The molecule has 0 fully saturated rings. The van der Waals surface area contributed by atoms with Gasteiger partial charge in [0.25, 0.3) is 0 Å². The lowest BCUT2D eigenvalue weighted by Gasteiger charge is -2.05. The van der Waals surface area contributed by atoms with Crippen LogP contribution in [0.4, 0.5) is 0 Å².